The van der Waals surface area contributed by atoms with Gasteiger partial charge in [0.05, 0.1) is 16.2 Å². The normalized spacial score (nSPS) is 10.8. The number of hydrogen-bond acceptors (Lipinski definition) is 2. The maximum Gasteiger partial charge on any atom is 0.0753 e. The summed E-state index contributed by atoms with van der Waals surface area (Å²) >= 11 is 6.45. The number of hydrogen-bond donors (Lipinski definition) is 1. The second-order valence-electron chi connectivity index (χ2n) is 4.54. The van der Waals surface area contributed by atoms with Gasteiger partial charge >= 0.3 is 0 Å². The number of nitrogen functional groups attached to an aromatic ring is 1. The molecule has 1 heterocycles. The van der Waals surface area contributed by atoms with Gasteiger partial charge in [0.1, 0.15) is 0 Å². The summed E-state index contributed by atoms with van der Waals surface area (Å²) in [6.45, 7) is 1.99. The predicted octanol–water partition coefficient (Wildman–Crippen LogP) is 4.45. The van der Waals surface area contributed by atoms with Crippen molar-refractivity contribution in [1.82, 2.24) is 4.98 Å². The lowest BCUT2D eigenvalue weighted by Gasteiger charge is -2.10. The van der Waals surface area contributed by atoms with Crippen LogP contribution in [0.5, 0.6) is 0 Å². The van der Waals surface area contributed by atoms with Gasteiger partial charge in [-0.1, -0.05) is 41.9 Å². The van der Waals surface area contributed by atoms with E-state index in [1.54, 1.807) is 0 Å². The summed E-state index contributed by atoms with van der Waals surface area (Å²) in [4.78, 5) is 4.71. The van der Waals surface area contributed by atoms with Gasteiger partial charge in [-0.2, -0.15) is 0 Å². The van der Waals surface area contributed by atoms with Gasteiger partial charge in [0.15, 0.2) is 0 Å². The molecule has 0 radical (unpaired) electrons. The molecule has 0 atom stereocenters. The van der Waals surface area contributed by atoms with Crippen LogP contribution in [0.15, 0.2) is 48.5 Å². The van der Waals surface area contributed by atoms with Crippen molar-refractivity contribution < 1.29 is 0 Å². The fourth-order valence-corrected chi connectivity index (χ4v) is 2.44. The monoisotopic (exact) mass is 268 g/mol. The Hall–Kier alpha value is -2.06. The summed E-state index contributed by atoms with van der Waals surface area (Å²) in [5.41, 5.74) is 10.3. The number of rotatable bonds is 1. The summed E-state index contributed by atoms with van der Waals surface area (Å²) in [6.07, 6.45) is 0. The quantitative estimate of drug-likeness (QED) is 0.663. The first-order chi connectivity index (χ1) is 9.16. The van der Waals surface area contributed by atoms with Crippen LogP contribution in [0.1, 0.15) is 5.56 Å². The van der Waals surface area contributed by atoms with Crippen molar-refractivity contribution in [2.45, 2.75) is 6.92 Å². The Balaban J connectivity index is 2.29. The Kier molecular flexibility index (Phi) is 2.88. The van der Waals surface area contributed by atoms with Crippen LogP contribution < -0.4 is 5.73 Å². The predicted molar refractivity (Wildman–Crippen MR) is 81.3 cm³/mol. The molecule has 2 aromatic carbocycles. The minimum atomic E-state index is 0.744. The molecule has 0 bridgehead atoms. The van der Waals surface area contributed by atoms with E-state index in [-0.39, 0.29) is 0 Å². The van der Waals surface area contributed by atoms with Crippen molar-refractivity contribution in [1.29, 1.82) is 0 Å². The fourth-order valence-electron chi connectivity index (χ4n) is 2.19. The molecule has 2 N–H and O–H groups in total. The molecule has 0 amide bonds. The molecule has 0 aliphatic rings. The lowest BCUT2D eigenvalue weighted by atomic mass is 10.0. The standard InChI is InChI=1S/C16H13ClN2/c1-10-15(17)13-4-2-3-5-14(13)19-16(10)11-6-8-12(18)9-7-11/h2-9H,18H2,1H3. The minimum absolute atomic E-state index is 0.744. The molecule has 3 rings (SSSR count). The molecule has 94 valence electrons. The first-order valence-corrected chi connectivity index (χ1v) is 6.45. The molecule has 1 aromatic heterocycles. The summed E-state index contributed by atoms with van der Waals surface area (Å²) in [6, 6.07) is 15.6. The molecule has 3 heteroatoms. The number of para-hydroxylation sites is 1. The third-order valence-corrected chi connectivity index (χ3v) is 3.73. The molecule has 0 fully saturated rings. The molecule has 0 aliphatic carbocycles. The van der Waals surface area contributed by atoms with Gasteiger partial charge in [0.25, 0.3) is 0 Å². The van der Waals surface area contributed by atoms with Crippen LogP contribution in [-0.2, 0) is 0 Å². The van der Waals surface area contributed by atoms with E-state index in [0.29, 0.717) is 0 Å². The highest BCUT2D eigenvalue weighted by Gasteiger charge is 2.11. The van der Waals surface area contributed by atoms with Crippen molar-refractivity contribution in [3.8, 4) is 11.3 Å². The maximum atomic E-state index is 6.45. The Morgan fingerprint density at radius 1 is 1.00 bits per heavy atom. The SMILES string of the molecule is Cc1c(-c2ccc(N)cc2)nc2ccccc2c1Cl. The zero-order valence-corrected chi connectivity index (χ0v) is 11.3. The van der Waals surface area contributed by atoms with Gasteiger partial charge in [-0.3, -0.25) is 0 Å². The molecule has 0 spiro atoms. The average Bonchev–Trinajstić information content (AvgIpc) is 2.44. The third-order valence-electron chi connectivity index (χ3n) is 3.24. The second-order valence-corrected chi connectivity index (χ2v) is 4.92. The van der Waals surface area contributed by atoms with E-state index >= 15 is 0 Å². The third kappa shape index (κ3) is 2.04. The van der Waals surface area contributed by atoms with Crippen molar-refractivity contribution in [3.63, 3.8) is 0 Å². The first-order valence-electron chi connectivity index (χ1n) is 6.07. The highest BCUT2D eigenvalue weighted by Crippen LogP contribution is 2.32. The number of benzene rings is 2. The number of anilines is 1. The van der Waals surface area contributed by atoms with Crippen LogP contribution in [0.4, 0.5) is 5.69 Å². The number of aromatic nitrogens is 1. The lowest BCUT2D eigenvalue weighted by Crippen LogP contribution is -1.92. The van der Waals surface area contributed by atoms with Crippen molar-refractivity contribution in [2.75, 3.05) is 5.73 Å². The Bertz CT molecular complexity index is 749. The Morgan fingerprint density at radius 3 is 2.42 bits per heavy atom. The summed E-state index contributed by atoms with van der Waals surface area (Å²) in [7, 11) is 0. The number of nitrogens with two attached hydrogens (primary N) is 1. The number of nitrogens with zero attached hydrogens (tertiary/aromatic N) is 1. The van der Waals surface area contributed by atoms with Gasteiger partial charge < -0.3 is 5.73 Å². The van der Waals surface area contributed by atoms with E-state index in [4.69, 9.17) is 22.3 Å². The molecule has 0 saturated carbocycles. The van der Waals surface area contributed by atoms with E-state index in [0.717, 1.165) is 38.4 Å². The van der Waals surface area contributed by atoms with E-state index in [9.17, 15) is 0 Å². The van der Waals surface area contributed by atoms with Gasteiger partial charge in [-0.25, -0.2) is 4.98 Å². The maximum absolute atomic E-state index is 6.45. The van der Waals surface area contributed by atoms with E-state index < -0.39 is 0 Å². The van der Waals surface area contributed by atoms with Crippen LogP contribution in [0, 0.1) is 6.92 Å². The molecular formula is C16H13ClN2. The van der Waals surface area contributed by atoms with Crippen LogP contribution >= 0.6 is 11.6 Å². The zero-order chi connectivity index (χ0) is 13.4. The van der Waals surface area contributed by atoms with Gasteiger partial charge in [0, 0.05) is 16.6 Å². The summed E-state index contributed by atoms with van der Waals surface area (Å²) < 4.78 is 0. The van der Waals surface area contributed by atoms with E-state index in [1.807, 2.05) is 55.5 Å². The topological polar surface area (TPSA) is 38.9 Å². The fraction of sp³-hybridized carbons (Fsp3) is 0.0625. The molecule has 3 aromatic rings. The zero-order valence-electron chi connectivity index (χ0n) is 10.5. The molecule has 0 saturated heterocycles. The van der Waals surface area contributed by atoms with Crippen LogP contribution in [0.25, 0.3) is 22.2 Å². The molecule has 0 aliphatic heterocycles. The number of halogens is 1. The first kappa shape index (κ1) is 12.0. The second kappa shape index (κ2) is 4.56. The van der Waals surface area contributed by atoms with Crippen LogP contribution in [0.2, 0.25) is 5.02 Å². The van der Waals surface area contributed by atoms with Crippen molar-refractivity contribution in [2.24, 2.45) is 0 Å². The molecule has 19 heavy (non-hydrogen) atoms. The van der Waals surface area contributed by atoms with Gasteiger partial charge in [-0.15, -0.1) is 0 Å². The van der Waals surface area contributed by atoms with Crippen molar-refractivity contribution >= 4 is 28.2 Å². The average molecular weight is 269 g/mol. The Labute approximate surface area is 116 Å². The molecule has 2 nitrogen and oxygen atoms in total. The molecule has 0 unspecified atom stereocenters. The highest BCUT2D eigenvalue weighted by molar-refractivity contribution is 6.36. The summed E-state index contributed by atoms with van der Waals surface area (Å²) in [5.74, 6) is 0. The minimum Gasteiger partial charge on any atom is -0.399 e. The van der Waals surface area contributed by atoms with Gasteiger partial charge in [0.2, 0.25) is 0 Å². The van der Waals surface area contributed by atoms with Crippen molar-refractivity contribution in [3.05, 3.63) is 59.1 Å². The van der Waals surface area contributed by atoms with Gasteiger partial charge in [-0.05, 0) is 30.7 Å². The largest absolute Gasteiger partial charge is 0.399 e. The Morgan fingerprint density at radius 2 is 1.68 bits per heavy atom. The van der Waals surface area contributed by atoms with Crippen LogP contribution in [-0.4, -0.2) is 4.98 Å². The molecular weight excluding hydrogens is 256 g/mol. The summed E-state index contributed by atoms with van der Waals surface area (Å²) in [5, 5.41) is 1.75. The number of fused-ring (bicyclic) bond motifs is 1. The number of pyridine rings is 1. The lowest BCUT2D eigenvalue weighted by molar-refractivity contribution is 1.33. The van der Waals surface area contributed by atoms with Crippen LogP contribution in [0.3, 0.4) is 0 Å². The smallest absolute Gasteiger partial charge is 0.0753 e. The van der Waals surface area contributed by atoms with E-state index in [1.165, 1.54) is 0 Å². The van der Waals surface area contributed by atoms with E-state index in [2.05, 4.69) is 0 Å². The highest BCUT2D eigenvalue weighted by atomic mass is 35.5.